The fraction of sp³-hybridized carbons (Fsp3) is 0.222. The number of hydrogen-bond donors (Lipinski definition) is 0. The summed E-state index contributed by atoms with van der Waals surface area (Å²) in [5.74, 6) is 1.77. The highest BCUT2D eigenvalue weighted by atomic mass is 16.5. The first-order valence-corrected chi connectivity index (χ1v) is 10.2. The molecule has 0 heterocycles. The molecule has 0 aromatic heterocycles. The second-order valence-corrected chi connectivity index (χ2v) is 7.97. The predicted molar refractivity (Wildman–Crippen MR) is 124 cm³/mol. The monoisotopic (exact) mass is 398 g/mol. The molecule has 0 N–H and O–H groups in total. The van der Waals surface area contributed by atoms with Crippen molar-refractivity contribution in [3.05, 3.63) is 71.8 Å². The Morgan fingerprint density at radius 2 is 1.50 bits per heavy atom. The molecule has 0 atom stereocenters. The van der Waals surface area contributed by atoms with Gasteiger partial charge < -0.3 is 9.47 Å². The summed E-state index contributed by atoms with van der Waals surface area (Å²) in [6.07, 6.45) is 0. The summed E-state index contributed by atoms with van der Waals surface area (Å²) < 4.78 is 10.8. The minimum atomic E-state index is -0.0432. The lowest BCUT2D eigenvalue weighted by Gasteiger charge is -2.16. The maximum atomic E-state index is 12.7. The maximum Gasteiger partial charge on any atom is 0.165 e. The number of carbonyl (C=O) groups excluding carboxylic acids is 1. The fourth-order valence-electron chi connectivity index (χ4n) is 4.09. The van der Waals surface area contributed by atoms with Crippen molar-refractivity contribution < 1.29 is 14.3 Å². The standard InChI is InChI=1S/C27H26O3/c1-16(2)27(28)19-8-11-23-25(14-19)24(18-6-9-21(29-4)10-7-18)15-20-13-22(30-5)12-17(3)26(20)23/h6-16H,1-5H3. The molecule has 0 amide bonds. The number of ketones is 1. The second-order valence-electron chi connectivity index (χ2n) is 7.97. The van der Waals surface area contributed by atoms with E-state index in [1.807, 2.05) is 38.1 Å². The van der Waals surface area contributed by atoms with Crippen LogP contribution in [0.4, 0.5) is 0 Å². The molecule has 30 heavy (non-hydrogen) atoms. The van der Waals surface area contributed by atoms with Gasteiger partial charge in [0.15, 0.2) is 5.78 Å². The SMILES string of the molecule is COc1ccc(-c2cc3cc(OC)cc(C)c3c3ccc(C(=O)C(C)C)cc23)cc1. The third-order valence-electron chi connectivity index (χ3n) is 5.66. The highest BCUT2D eigenvalue weighted by molar-refractivity contribution is 6.16. The Morgan fingerprint density at radius 1 is 0.800 bits per heavy atom. The maximum absolute atomic E-state index is 12.7. The third kappa shape index (κ3) is 3.41. The highest BCUT2D eigenvalue weighted by Crippen LogP contribution is 2.39. The van der Waals surface area contributed by atoms with Gasteiger partial charge in [0.05, 0.1) is 14.2 Å². The van der Waals surface area contributed by atoms with Crippen LogP contribution in [0.2, 0.25) is 0 Å². The Balaban J connectivity index is 2.08. The highest BCUT2D eigenvalue weighted by Gasteiger charge is 2.16. The van der Waals surface area contributed by atoms with E-state index in [0.29, 0.717) is 0 Å². The second kappa shape index (κ2) is 7.83. The zero-order valence-electron chi connectivity index (χ0n) is 18.1. The molecule has 4 rings (SSSR count). The van der Waals surface area contributed by atoms with Gasteiger partial charge in [-0.15, -0.1) is 0 Å². The number of fused-ring (bicyclic) bond motifs is 3. The van der Waals surface area contributed by atoms with Crippen LogP contribution < -0.4 is 9.47 Å². The quantitative estimate of drug-likeness (QED) is 0.273. The zero-order valence-corrected chi connectivity index (χ0v) is 18.1. The molecular weight excluding hydrogens is 372 g/mol. The minimum absolute atomic E-state index is 0.0432. The van der Waals surface area contributed by atoms with Gasteiger partial charge in [-0.3, -0.25) is 4.79 Å². The van der Waals surface area contributed by atoms with Crippen LogP contribution in [0.1, 0.15) is 29.8 Å². The van der Waals surface area contributed by atoms with Crippen LogP contribution >= 0.6 is 0 Å². The largest absolute Gasteiger partial charge is 0.497 e. The van der Waals surface area contributed by atoms with Crippen LogP contribution in [0.5, 0.6) is 11.5 Å². The van der Waals surface area contributed by atoms with Gasteiger partial charge in [0.1, 0.15) is 11.5 Å². The fourth-order valence-corrected chi connectivity index (χ4v) is 4.09. The number of benzene rings is 4. The van der Waals surface area contributed by atoms with Crippen molar-refractivity contribution in [3.63, 3.8) is 0 Å². The van der Waals surface area contributed by atoms with Gasteiger partial charge >= 0.3 is 0 Å². The number of rotatable bonds is 5. The summed E-state index contributed by atoms with van der Waals surface area (Å²) in [5, 5.41) is 4.52. The molecule has 0 bridgehead atoms. The van der Waals surface area contributed by atoms with E-state index < -0.39 is 0 Å². The molecular formula is C27H26O3. The molecule has 0 radical (unpaired) electrons. The summed E-state index contributed by atoms with van der Waals surface area (Å²) in [4.78, 5) is 12.7. The Kier molecular flexibility index (Phi) is 5.21. The number of ether oxygens (including phenoxy) is 2. The van der Waals surface area contributed by atoms with E-state index in [4.69, 9.17) is 9.47 Å². The van der Waals surface area contributed by atoms with Gasteiger partial charge in [-0.05, 0) is 81.6 Å². The van der Waals surface area contributed by atoms with E-state index in [9.17, 15) is 4.79 Å². The number of aryl methyl sites for hydroxylation is 1. The lowest BCUT2D eigenvalue weighted by atomic mass is 9.89. The first-order chi connectivity index (χ1) is 14.4. The molecule has 0 saturated carbocycles. The van der Waals surface area contributed by atoms with Crippen molar-refractivity contribution in [2.75, 3.05) is 14.2 Å². The molecule has 3 nitrogen and oxygen atoms in total. The average molecular weight is 399 g/mol. The van der Waals surface area contributed by atoms with Crippen LogP contribution in [0, 0.1) is 12.8 Å². The molecule has 4 aromatic rings. The molecule has 3 heteroatoms. The summed E-state index contributed by atoms with van der Waals surface area (Å²) >= 11 is 0. The van der Waals surface area contributed by atoms with Crippen molar-refractivity contribution >= 4 is 27.3 Å². The number of carbonyl (C=O) groups is 1. The molecule has 4 aromatic carbocycles. The Hall–Kier alpha value is -3.33. The smallest absolute Gasteiger partial charge is 0.165 e. The van der Waals surface area contributed by atoms with E-state index >= 15 is 0 Å². The number of methoxy groups -OCH3 is 2. The Labute approximate surface area is 177 Å². The van der Waals surface area contributed by atoms with Gasteiger partial charge in [0.25, 0.3) is 0 Å². The van der Waals surface area contributed by atoms with Gasteiger partial charge in [-0.25, -0.2) is 0 Å². The van der Waals surface area contributed by atoms with Crippen molar-refractivity contribution in [2.24, 2.45) is 5.92 Å². The summed E-state index contributed by atoms with van der Waals surface area (Å²) in [7, 11) is 3.36. The molecule has 0 aliphatic heterocycles. The molecule has 0 fully saturated rings. The minimum Gasteiger partial charge on any atom is -0.497 e. The molecule has 0 aliphatic carbocycles. The Bertz CT molecular complexity index is 1250. The van der Waals surface area contributed by atoms with Crippen LogP contribution in [0.25, 0.3) is 32.7 Å². The molecule has 0 saturated heterocycles. The third-order valence-corrected chi connectivity index (χ3v) is 5.66. The van der Waals surface area contributed by atoms with Gasteiger partial charge in [-0.2, -0.15) is 0 Å². The normalized spacial score (nSPS) is 11.3. The first-order valence-electron chi connectivity index (χ1n) is 10.2. The van der Waals surface area contributed by atoms with Crippen LogP contribution in [0.15, 0.2) is 60.7 Å². The lowest BCUT2D eigenvalue weighted by Crippen LogP contribution is -2.07. The Morgan fingerprint density at radius 3 is 2.13 bits per heavy atom. The molecule has 0 aliphatic rings. The van der Waals surface area contributed by atoms with Crippen molar-refractivity contribution in [1.29, 1.82) is 0 Å². The summed E-state index contributed by atoms with van der Waals surface area (Å²) in [6, 6.07) is 20.4. The van der Waals surface area contributed by atoms with E-state index in [1.165, 1.54) is 5.39 Å². The van der Waals surface area contributed by atoms with E-state index in [1.54, 1.807) is 14.2 Å². The molecule has 152 valence electrons. The van der Waals surface area contributed by atoms with Crippen LogP contribution in [0.3, 0.4) is 0 Å². The summed E-state index contributed by atoms with van der Waals surface area (Å²) in [5.41, 5.74) is 4.07. The van der Waals surface area contributed by atoms with Crippen molar-refractivity contribution in [2.45, 2.75) is 20.8 Å². The molecule has 0 unspecified atom stereocenters. The summed E-state index contributed by atoms with van der Waals surface area (Å²) in [6.45, 7) is 5.98. The zero-order chi connectivity index (χ0) is 21.4. The van der Waals surface area contributed by atoms with E-state index in [-0.39, 0.29) is 11.7 Å². The van der Waals surface area contributed by atoms with E-state index in [0.717, 1.165) is 49.9 Å². The van der Waals surface area contributed by atoms with Crippen LogP contribution in [-0.2, 0) is 0 Å². The first kappa shape index (κ1) is 20.0. The van der Waals surface area contributed by atoms with E-state index in [2.05, 4.69) is 43.3 Å². The number of hydrogen-bond acceptors (Lipinski definition) is 3. The van der Waals surface area contributed by atoms with Gasteiger partial charge in [0.2, 0.25) is 0 Å². The lowest BCUT2D eigenvalue weighted by molar-refractivity contribution is 0.0939. The predicted octanol–water partition coefficient (Wildman–Crippen LogP) is 6.82. The van der Waals surface area contributed by atoms with Gasteiger partial charge in [0, 0.05) is 11.5 Å². The van der Waals surface area contributed by atoms with Crippen LogP contribution in [-0.4, -0.2) is 20.0 Å². The average Bonchev–Trinajstić information content (AvgIpc) is 2.77. The number of Topliss-reactive ketones (excluding diaryl/α,β-unsaturated/α-hetero) is 1. The molecule has 0 spiro atoms. The van der Waals surface area contributed by atoms with Gasteiger partial charge in [-0.1, -0.05) is 38.1 Å². The van der Waals surface area contributed by atoms with Crippen molar-refractivity contribution in [3.8, 4) is 22.6 Å². The van der Waals surface area contributed by atoms with Crippen molar-refractivity contribution in [1.82, 2.24) is 0 Å². The topological polar surface area (TPSA) is 35.5 Å².